The van der Waals surface area contributed by atoms with E-state index in [0.29, 0.717) is 5.41 Å². The Bertz CT molecular complexity index is 365. The van der Waals surface area contributed by atoms with Crippen LogP contribution in [0.5, 0.6) is 0 Å². The standard InChI is InChI=1S/C16H26N2/c1-3-16(4-2)10-12-18(13-16)11-9-14-5-7-15(17)8-6-14/h5-8H,3-4,9-13,17H2,1-2H3. The molecule has 0 aromatic heterocycles. The van der Waals surface area contributed by atoms with Crippen LogP contribution in [0.3, 0.4) is 0 Å². The summed E-state index contributed by atoms with van der Waals surface area (Å²) in [6.07, 6.45) is 5.16. The van der Waals surface area contributed by atoms with E-state index in [-0.39, 0.29) is 0 Å². The molecular formula is C16H26N2. The van der Waals surface area contributed by atoms with E-state index in [2.05, 4.69) is 30.9 Å². The van der Waals surface area contributed by atoms with Crippen molar-refractivity contribution in [3.8, 4) is 0 Å². The molecule has 2 nitrogen and oxygen atoms in total. The maximum atomic E-state index is 5.71. The number of nitrogen functional groups attached to an aromatic ring is 1. The van der Waals surface area contributed by atoms with Crippen molar-refractivity contribution < 1.29 is 0 Å². The number of anilines is 1. The lowest BCUT2D eigenvalue weighted by atomic mass is 9.82. The van der Waals surface area contributed by atoms with Crippen LogP contribution < -0.4 is 5.73 Å². The first kappa shape index (κ1) is 13.4. The van der Waals surface area contributed by atoms with Crippen molar-refractivity contribution in [2.75, 3.05) is 25.4 Å². The van der Waals surface area contributed by atoms with Crippen LogP contribution in [0.25, 0.3) is 0 Å². The first-order chi connectivity index (χ1) is 8.67. The van der Waals surface area contributed by atoms with E-state index in [4.69, 9.17) is 5.73 Å². The average Bonchev–Trinajstić information content (AvgIpc) is 2.82. The van der Waals surface area contributed by atoms with Crippen molar-refractivity contribution in [2.24, 2.45) is 5.41 Å². The highest BCUT2D eigenvalue weighted by Crippen LogP contribution is 2.36. The van der Waals surface area contributed by atoms with E-state index in [1.807, 2.05) is 12.1 Å². The smallest absolute Gasteiger partial charge is 0.0314 e. The van der Waals surface area contributed by atoms with Gasteiger partial charge in [0.25, 0.3) is 0 Å². The highest BCUT2D eigenvalue weighted by atomic mass is 15.2. The lowest BCUT2D eigenvalue weighted by Gasteiger charge is -2.26. The molecule has 0 bridgehead atoms. The lowest BCUT2D eigenvalue weighted by molar-refractivity contribution is 0.242. The predicted octanol–water partition coefficient (Wildman–Crippen LogP) is 3.32. The first-order valence-corrected chi connectivity index (χ1v) is 7.24. The summed E-state index contributed by atoms with van der Waals surface area (Å²) in [5.41, 5.74) is 8.56. The number of hydrogen-bond donors (Lipinski definition) is 1. The van der Waals surface area contributed by atoms with Gasteiger partial charge in [0, 0.05) is 18.8 Å². The normalized spacial score (nSPS) is 19.2. The average molecular weight is 246 g/mol. The Morgan fingerprint density at radius 3 is 2.39 bits per heavy atom. The molecule has 1 fully saturated rings. The molecule has 1 aliphatic heterocycles. The van der Waals surface area contributed by atoms with Gasteiger partial charge >= 0.3 is 0 Å². The molecular weight excluding hydrogens is 220 g/mol. The predicted molar refractivity (Wildman–Crippen MR) is 78.6 cm³/mol. The zero-order valence-corrected chi connectivity index (χ0v) is 11.8. The number of benzene rings is 1. The van der Waals surface area contributed by atoms with E-state index in [9.17, 15) is 0 Å². The fourth-order valence-electron chi connectivity index (χ4n) is 3.02. The van der Waals surface area contributed by atoms with Crippen molar-refractivity contribution >= 4 is 5.69 Å². The minimum atomic E-state index is 0.598. The Kier molecular flexibility index (Phi) is 4.28. The van der Waals surface area contributed by atoms with Gasteiger partial charge in [0.2, 0.25) is 0 Å². The van der Waals surface area contributed by atoms with Crippen LogP contribution in [0.2, 0.25) is 0 Å². The lowest BCUT2D eigenvalue weighted by Crippen LogP contribution is -2.28. The maximum absolute atomic E-state index is 5.71. The van der Waals surface area contributed by atoms with Crippen LogP contribution in [0.1, 0.15) is 38.7 Å². The molecule has 1 saturated heterocycles. The Balaban J connectivity index is 1.83. The highest BCUT2D eigenvalue weighted by Gasteiger charge is 2.34. The summed E-state index contributed by atoms with van der Waals surface area (Å²) in [6.45, 7) is 8.43. The number of rotatable bonds is 5. The summed E-state index contributed by atoms with van der Waals surface area (Å²) in [6, 6.07) is 8.31. The second-order valence-corrected chi connectivity index (χ2v) is 5.72. The van der Waals surface area contributed by atoms with E-state index < -0.39 is 0 Å². The van der Waals surface area contributed by atoms with Crippen molar-refractivity contribution in [3.05, 3.63) is 29.8 Å². The van der Waals surface area contributed by atoms with E-state index >= 15 is 0 Å². The van der Waals surface area contributed by atoms with Gasteiger partial charge in [-0.2, -0.15) is 0 Å². The number of nitrogens with two attached hydrogens (primary N) is 1. The molecule has 2 rings (SSSR count). The number of nitrogens with zero attached hydrogens (tertiary/aromatic N) is 1. The molecule has 0 saturated carbocycles. The summed E-state index contributed by atoms with van der Waals surface area (Å²) in [5, 5.41) is 0. The van der Waals surface area contributed by atoms with Crippen LogP contribution in [0.4, 0.5) is 5.69 Å². The van der Waals surface area contributed by atoms with Gasteiger partial charge in [-0.3, -0.25) is 0 Å². The Morgan fingerprint density at radius 1 is 1.17 bits per heavy atom. The summed E-state index contributed by atoms with van der Waals surface area (Å²) in [7, 11) is 0. The summed E-state index contributed by atoms with van der Waals surface area (Å²) in [4.78, 5) is 2.63. The number of likely N-dealkylation sites (tertiary alicyclic amines) is 1. The molecule has 1 aliphatic rings. The Hall–Kier alpha value is -1.02. The summed E-state index contributed by atoms with van der Waals surface area (Å²) < 4.78 is 0. The minimum absolute atomic E-state index is 0.598. The monoisotopic (exact) mass is 246 g/mol. The zero-order valence-electron chi connectivity index (χ0n) is 11.8. The van der Waals surface area contributed by atoms with Gasteiger partial charge in [0.05, 0.1) is 0 Å². The third-order valence-electron chi connectivity index (χ3n) is 4.71. The molecule has 2 N–H and O–H groups in total. The van der Waals surface area contributed by atoms with Gasteiger partial charge in [-0.25, -0.2) is 0 Å². The van der Waals surface area contributed by atoms with Gasteiger partial charge in [0.1, 0.15) is 0 Å². The molecule has 0 amide bonds. The topological polar surface area (TPSA) is 29.3 Å². The molecule has 0 radical (unpaired) electrons. The third kappa shape index (κ3) is 3.05. The van der Waals surface area contributed by atoms with Gasteiger partial charge in [-0.15, -0.1) is 0 Å². The Morgan fingerprint density at radius 2 is 1.83 bits per heavy atom. The molecule has 1 aromatic carbocycles. The summed E-state index contributed by atoms with van der Waals surface area (Å²) in [5.74, 6) is 0. The molecule has 0 unspecified atom stereocenters. The Labute approximate surface area is 111 Å². The quantitative estimate of drug-likeness (QED) is 0.808. The van der Waals surface area contributed by atoms with Gasteiger partial charge in [-0.1, -0.05) is 26.0 Å². The molecule has 2 heteroatoms. The van der Waals surface area contributed by atoms with Crippen molar-refractivity contribution in [2.45, 2.75) is 39.5 Å². The van der Waals surface area contributed by atoms with Gasteiger partial charge < -0.3 is 10.6 Å². The van der Waals surface area contributed by atoms with Crippen molar-refractivity contribution in [3.63, 3.8) is 0 Å². The van der Waals surface area contributed by atoms with Crippen LogP contribution in [0, 0.1) is 5.41 Å². The SMILES string of the molecule is CCC1(CC)CCN(CCc2ccc(N)cc2)C1. The van der Waals surface area contributed by atoms with Gasteiger partial charge in [-0.05, 0) is 55.3 Å². The minimum Gasteiger partial charge on any atom is -0.399 e. The van der Waals surface area contributed by atoms with Crippen LogP contribution >= 0.6 is 0 Å². The molecule has 0 aliphatic carbocycles. The first-order valence-electron chi connectivity index (χ1n) is 7.24. The fraction of sp³-hybridized carbons (Fsp3) is 0.625. The van der Waals surface area contributed by atoms with Crippen LogP contribution in [-0.4, -0.2) is 24.5 Å². The molecule has 0 atom stereocenters. The van der Waals surface area contributed by atoms with E-state index in [1.54, 1.807) is 0 Å². The van der Waals surface area contributed by atoms with E-state index in [1.165, 1.54) is 44.5 Å². The molecule has 18 heavy (non-hydrogen) atoms. The van der Waals surface area contributed by atoms with E-state index in [0.717, 1.165) is 12.1 Å². The van der Waals surface area contributed by atoms with Crippen molar-refractivity contribution in [1.29, 1.82) is 0 Å². The second-order valence-electron chi connectivity index (χ2n) is 5.72. The molecule has 100 valence electrons. The molecule has 0 spiro atoms. The molecule has 1 aromatic rings. The van der Waals surface area contributed by atoms with Crippen LogP contribution in [0.15, 0.2) is 24.3 Å². The zero-order chi connectivity index (χ0) is 13.0. The number of hydrogen-bond acceptors (Lipinski definition) is 2. The molecule has 1 heterocycles. The fourth-order valence-corrected chi connectivity index (χ4v) is 3.02. The summed E-state index contributed by atoms with van der Waals surface area (Å²) >= 11 is 0. The van der Waals surface area contributed by atoms with Crippen molar-refractivity contribution in [1.82, 2.24) is 4.90 Å². The highest BCUT2D eigenvalue weighted by molar-refractivity contribution is 5.39. The van der Waals surface area contributed by atoms with Crippen LogP contribution in [-0.2, 0) is 6.42 Å². The maximum Gasteiger partial charge on any atom is 0.0314 e. The largest absolute Gasteiger partial charge is 0.399 e. The second kappa shape index (κ2) is 5.75. The van der Waals surface area contributed by atoms with Gasteiger partial charge in [0.15, 0.2) is 0 Å². The third-order valence-corrected chi connectivity index (χ3v) is 4.71.